The molecule has 0 bridgehead atoms. The average Bonchev–Trinajstić information content (AvgIpc) is 3.01. The van der Waals surface area contributed by atoms with Crippen molar-refractivity contribution in [3.8, 4) is 11.5 Å². The van der Waals surface area contributed by atoms with Crippen LogP contribution in [0.5, 0.6) is 11.5 Å². The molecule has 1 heterocycles. The first-order valence-corrected chi connectivity index (χ1v) is 6.84. The number of carbonyl (C=O) groups excluding carboxylic acids is 1. The molecule has 0 unspecified atom stereocenters. The highest BCUT2D eigenvalue weighted by Gasteiger charge is 2.32. The van der Waals surface area contributed by atoms with Gasteiger partial charge in [-0.2, -0.15) is 18.3 Å². The Bertz CT molecular complexity index is 803. The molecular weight excluding hydrogens is 325 g/mol. The Morgan fingerprint density at radius 2 is 1.88 bits per heavy atom. The Morgan fingerprint density at radius 3 is 2.67 bits per heavy atom. The summed E-state index contributed by atoms with van der Waals surface area (Å²) in [6, 6.07) is 9.49. The Morgan fingerprint density at radius 1 is 1.12 bits per heavy atom. The fourth-order valence-corrected chi connectivity index (χ4v) is 2.13. The highest BCUT2D eigenvalue weighted by Crippen LogP contribution is 2.32. The Hall–Kier alpha value is -3.03. The number of ether oxygens (including phenoxy) is 2. The molecule has 2 aromatic carbocycles. The summed E-state index contributed by atoms with van der Waals surface area (Å²) < 4.78 is 48.8. The summed E-state index contributed by atoms with van der Waals surface area (Å²) in [5.74, 6) is 0.372. The molecule has 8 heteroatoms. The standard InChI is InChI=1S/C16H11F3N2O3/c17-16(18,19)12-4-2-1-3-11(12)8-20-21-15(22)10-5-6-13-14(7-10)24-9-23-13/h1-8H,9H2,(H,21,22)/b20-8-. The molecule has 0 aliphatic carbocycles. The molecule has 0 saturated carbocycles. The summed E-state index contributed by atoms with van der Waals surface area (Å²) >= 11 is 0. The Balaban J connectivity index is 1.72. The van der Waals surface area contributed by atoms with Gasteiger partial charge in [0.25, 0.3) is 5.91 Å². The second-order valence-corrected chi connectivity index (χ2v) is 4.85. The van der Waals surface area contributed by atoms with Crippen LogP contribution < -0.4 is 14.9 Å². The summed E-state index contributed by atoms with van der Waals surface area (Å²) in [6.07, 6.45) is -3.54. The van der Waals surface area contributed by atoms with Crippen LogP contribution in [-0.2, 0) is 6.18 Å². The van der Waals surface area contributed by atoms with E-state index in [9.17, 15) is 18.0 Å². The number of fused-ring (bicyclic) bond motifs is 1. The lowest BCUT2D eigenvalue weighted by Gasteiger charge is -2.09. The molecular formula is C16H11F3N2O3. The van der Waals surface area contributed by atoms with E-state index in [1.165, 1.54) is 30.3 Å². The minimum Gasteiger partial charge on any atom is -0.454 e. The number of amides is 1. The number of hydrogen-bond acceptors (Lipinski definition) is 4. The quantitative estimate of drug-likeness (QED) is 0.692. The summed E-state index contributed by atoms with van der Waals surface area (Å²) in [5.41, 5.74) is 1.46. The minimum absolute atomic E-state index is 0.0762. The Labute approximate surface area is 134 Å². The fraction of sp³-hybridized carbons (Fsp3) is 0.125. The number of halogens is 3. The molecule has 0 spiro atoms. The van der Waals surface area contributed by atoms with Crippen molar-refractivity contribution in [3.63, 3.8) is 0 Å². The SMILES string of the molecule is O=C(N/N=C\c1ccccc1C(F)(F)F)c1ccc2c(c1)OCO2. The normalized spacial score (nSPS) is 13.3. The lowest BCUT2D eigenvalue weighted by Crippen LogP contribution is -2.18. The van der Waals surface area contributed by atoms with Crippen LogP contribution in [0.1, 0.15) is 21.5 Å². The molecule has 3 rings (SSSR count). The maximum Gasteiger partial charge on any atom is 0.417 e. The van der Waals surface area contributed by atoms with Gasteiger partial charge in [0.2, 0.25) is 6.79 Å². The molecule has 5 nitrogen and oxygen atoms in total. The summed E-state index contributed by atoms with van der Waals surface area (Å²) in [5, 5.41) is 3.59. The fourth-order valence-electron chi connectivity index (χ4n) is 2.13. The summed E-state index contributed by atoms with van der Waals surface area (Å²) in [4.78, 5) is 12.0. The molecule has 0 saturated heterocycles. The molecule has 1 aliphatic rings. The Kier molecular flexibility index (Phi) is 4.11. The number of alkyl halides is 3. The monoisotopic (exact) mass is 336 g/mol. The van der Waals surface area contributed by atoms with Crippen LogP contribution in [0.15, 0.2) is 47.6 Å². The van der Waals surface area contributed by atoms with E-state index in [-0.39, 0.29) is 17.9 Å². The van der Waals surface area contributed by atoms with E-state index in [1.54, 1.807) is 6.07 Å². The van der Waals surface area contributed by atoms with E-state index in [0.717, 1.165) is 12.3 Å². The third kappa shape index (κ3) is 3.32. The van der Waals surface area contributed by atoms with Crippen molar-refractivity contribution < 1.29 is 27.4 Å². The van der Waals surface area contributed by atoms with Gasteiger partial charge in [-0.1, -0.05) is 18.2 Å². The lowest BCUT2D eigenvalue weighted by atomic mass is 10.1. The summed E-state index contributed by atoms with van der Waals surface area (Å²) in [6.45, 7) is 0.0762. The average molecular weight is 336 g/mol. The van der Waals surface area contributed by atoms with Crippen LogP contribution >= 0.6 is 0 Å². The maximum atomic E-state index is 12.9. The van der Waals surface area contributed by atoms with Crippen molar-refractivity contribution in [2.75, 3.05) is 6.79 Å². The predicted molar refractivity (Wildman–Crippen MR) is 79.1 cm³/mol. The molecule has 0 atom stereocenters. The van der Waals surface area contributed by atoms with Crippen LogP contribution in [0.4, 0.5) is 13.2 Å². The van der Waals surface area contributed by atoms with E-state index < -0.39 is 17.6 Å². The van der Waals surface area contributed by atoms with Gasteiger partial charge in [0.1, 0.15) is 0 Å². The molecule has 2 aromatic rings. The number of benzene rings is 2. The maximum absolute atomic E-state index is 12.9. The highest BCUT2D eigenvalue weighted by molar-refractivity contribution is 5.95. The van der Waals surface area contributed by atoms with Gasteiger partial charge in [-0.3, -0.25) is 4.79 Å². The third-order valence-electron chi connectivity index (χ3n) is 3.27. The van der Waals surface area contributed by atoms with Crippen molar-refractivity contribution in [2.24, 2.45) is 5.10 Å². The van der Waals surface area contributed by atoms with Crippen LogP contribution in [0.2, 0.25) is 0 Å². The van der Waals surface area contributed by atoms with Gasteiger partial charge in [0, 0.05) is 11.1 Å². The van der Waals surface area contributed by atoms with E-state index in [2.05, 4.69) is 10.5 Å². The van der Waals surface area contributed by atoms with Crippen molar-refractivity contribution in [1.82, 2.24) is 5.43 Å². The van der Waals surface area contributed by atoms with Crippen LogP contribution in [-0.4, -0.2) is 18.9 Å². The van der Waals surface area contributed by atoms with Gasteiger partial charge in [-0.25, -0.2) is 5.43 Å². The van der Waals surface area contributed by atoms with Crippen molar-refractivity contribution in [1.29, 1.82) is 0 Å². The zero-order valence-electron chi connectivity index (χ0n) is 12.1. The molecule has 0 radical (unpaired) electrons. The number of nitrogens with zero attached hydrogens (tertiary/aromatic N) is 1. The molecule has 1 N–H and O–H groups in total. The zero-order chi connectivity index (χ0) is 17.2. The van der Waals surface area contributed by atoms with Gasteiger partial charge >= 0.3 is 6.18 Å². The third-order valence-corrected chi connectivity index (χ3v) is 3.27. The molecule has 0 aromatic heterocycles. The van der Waals surface area contributed by atoms with Crippen LogP contribution in [0, 0.1) is 0 Å². The number of nitrogens with one attached hydrogen (secondary N) is 1. The second kappa shape index (κ2) is 6.23. The smallest absolute Gasteiger partial charge is 0.417 e. The highest BCUT2D eigenvalue weighted by atomic mass is 19.4. The van der Waals surface area contributed by atoms with E-state index >= 15 is 0 Å². The number of rotatable bonds is 3. The van der Waals surface area contributed by atoms with Crippen molar-refractivity contribution >= 4 is 12.1 Å². The van der Waals surface area contributed by atoms with Gasteiger partial charge in [-0.15, -0.1) is 0 Å². The van der Waals surface area contributed by atoms with Gasteiger partial charge in [-0.05, 0) is 24.3 Å². The zero-order valence-corrected chi connectivity index (χ0v) is 12.1. The largest absolute Gasteiger partial charge is 0.454 e. The number of hydrazone groups is 1. The molecule has 1 amide bonds. The van der Waals surface area contributed by atoms with Crippen LogP contribution in [0.3, 0.4) is 0 Å². The second-order valence-electron chi connectivity index (χ2n) is 4.85. The van der Waals surface area contributed by atoms with E-state index in [4.69, 9.17) is 9.47 Å². The van der Waals surface area contributed by atoms with Crippen molar-refractivity contribution in [2.45, 2.75) is 6.18 Å². The van der Waals surface area contributed by atoms with Crippen LogP contribution in [0.25, 0.3) is 0 Å². The van der Waals surface area contributed by atoms with E-state index in [1.807, 2.05) is 0 Å². The van der Waals surface area contributed by atoms with Gasteiger partial charge < -0.3 is 9.47 Å². The number of carbonyl (C=O) groups is 1. The van der Waals surface area contributed by atoms with Gasteiger partial charge in [0.05, 0.1) is 11.8 Å². The molecule has 124 valence electrons. The lowest BCUT2D eigenvalue weighted by molar-refractivity contribution is -0.137. The predicted octanol–water partition coefficient (Wildman–Crippen LogP) is 3.20. The minimum atomic E-state index is -4.50. The summed E-state index contributed by atoms with van der Waals surface area (Å²) in [7, 11) is 0. The first-order chi connectivity index (χ1) is 11.4. The topological polar surface area (TPSA) is 59.9 Å². The molecule has 24 heavy (non-hydrogen) atoms. The molecule has 1 aliphatic heterocycles. The van der Waals surface area contributed by atoms with Gasteiger partial charge in [0.15, 0.2) is 11.5 Å². The number of hydrogen-bond donors (Lipinski definition) is 1. The first kappa shape index (κ1) is 15.9. The first-order valence-electron chi connectivity index (χ1n) is 6.84. The van der Waals surface area contributed by atoms with E-state index in [0.29, 0.717) is 11.5 Å². The van der Waals surface area contributed by atoms with Crippen molar-refractivity contribution in [3.05, 3.63) is 59.2 Å². The molecule has 0 fully saturated rings.